The van der Waals surface area contributed by atoms with Gasteiger partial charge in [-0.15, -0.1) is 0 Å². The predicted octanol–water partition coefficient (Wildman–Crippen LogP) is 2.97. The molecule has 1 unspecified atom stereocenters. The van der Waals surface area contributed by atoms with Crippen LogP contribution in [-0.4, -0.2) is 84.3 Å². The second-order valence-electron chi connectivity index (χ2n) is 10.9. The number of aliphatic hydroxyl groups is 1. The van der Waals surface area contributed by atoms with Crippen molar-refractivity contribution < 1.29 is 64.3 Å². The number of carbonyl (C=O) groups excluding carboxylic acids is 3. The molecule has 4 rings (SSSR count). The Labute approximate surface area is 292 Å². The summed E-state index contributed by atoms with van der Waals surface area (Å²) in [5.41, 5.74) is -0.422. The number of furan rings is 1. The third-order valence-corrected chi connectivity index (χ3v) is 9.90. The van der Waals surface area contributed by atoms with Gasteiger partial charge in [-0.3, -0.25) is 13.9 Å². The zero-order valence-corrected chi connectivity index (χ0v) is 28.8. The first-order valence-corrected chi connectivity index (χ1v) is 18.0. The number of amides is 1. The van der Waals surface area contributed by atoms with Gasteiger partial charge in [0.15, 0.2) is 0 Å². The maximum Gasteiger partial charge on any atom is 0.413 e. The van der Waals surface area contributed by atoms with Crippen LogP contribution in [0.2, 0.25) is 5.02 Å². The van der Waals surface area contributed by atoms with Crippen molar-refractivity contribution in [2.24, 2.45) is 5.14 Å². The van der Waals surface area contributed by atoms with Gasteiger partial charge in [0, 0.05) is 22.4 Å². The van der Waals surface area contributed by atoms with E-state index in [4.69, 9.17) is 40.1 Å². The van der Waals surface area contributed by atoms with Gasteiger partial charge in [0.1, 0.15) is 34.6 Å². The molecule has 15 nitrogen and oxygen atoms in total. The summed E-state index contributed by atoms with van der Waals surface area (Å²) in [6, 6.07) is 5.87. The molecule has 4 atom stereocenters. The summed E-state index contributed by atoms with van der Waals surface area (Å²) >= 11 is 6.07. The molecule has 50 heavy (non-hydrogen) atoms. The number of rotatable bonds is 13. The zero-order chi connectivity index (χ0) is 36.8. The molecule has 1 amide bonds. The van der Waals surface area contributed by atoms with E-state index in [9.17, 15) is 40.9 Å². The van der Waals surface area contributed by atoms with Crippen molar-refractivity contribution >= 4 is 56.1 Å². The maximum absolute atomic E-state index is 13.8. The van der Waals surface area contributed by atoms with Gasteiger partial charge in [-0.05, 0) is 50.2 Å². The highest BCUT2D eigenvalue weighted by atomic mass is 35.5. The van der Waals surface area contributed by atoms with Crippen molar-refractivity contribution in [3.8, 4) is 0 Å². The number of anilines is 1. The van der Waals surface area contributed by atoms with Crippen molar-refractivity contribution in [2.75, 3.05) is 36.8 Å². The van der Waals surface area contributed by atoms with E-state index in [1.54, 1.807) is 19.1 Å². The summed E-state index contributed by atoms with van der Waals surface area (Å²) in [6.45, 7) is 1.45. The predicted molar refractivity (Wildman–Crippen MR) is 171 cm³/mol. The number of esters is 2. The number of sulfonamides is 1. The Balaban J connectivity index is 1.27. The van der Waals surface area contributed by atoms with E-state index in [-0.39, 0.29) is 40.7 Å². The molecule has 2 heterocycles. The topological polar surface area (TPSA) is 214 Å². The highest BCUT2D eigenvalue weighted by molar-refractivity contribution is 7.89. The molecule has 3 aromatic rings. The van der Waals surface area contributed by atoms with E-state index in [1.165, 1.54) is 19.3 Å². The van der Waals surface area contributed by atoms with Crippen LogP contribution < -0.4 is 10.5 Å². The van der Waals surface area contributed by atoms with Gasteiger partial charge in [0.2, 0.25) is 22.6 Å². The van der Waals surface area contributed by atoms with Crippen molar-refractivity contribution in [2.45, 2.75) is 43.2 Å². The van der Waals surface area contributed by atoms with Gasteiger partial charge in [0.25, 0.3) is 0 Å². The Bertz CT molecular complexity index is 1850. The SMILES string of the molecule is C[C@@H]1CO[C@@](O)(c2cc(F)cc(F)c2)[C@H](C)N1C(=O)OCOC(=O)CS(=O)CCOC(=O)c1cc(S(N)(=O)=O)c(Cl)cc1NCc1ccco1. The molecular weight excluding hydrogens is 732 g/mol. The summed E-state index contributed by atoms with van der Waals surface area (Å²) in [5.74, 6) is -6.78. The fraction of sp³-hybridized carbons (Fsp3) is 0.367. The number of benzene rings is 2. The number of nitrogens with one attached hydrogen (secondary N) is 1. The van der Waals surface area contributed by atoms with Crippen molar-refractivity contribution in [3.05, 3.63) is 82.3 Å². The highest BCUT2D eigenvalue weighted by Gasteiger charge is 2.49. The first kappa shape index (κ1) is 38.7. The molecule has 1 aliphatic heterocycles. The van der Waals surface area contributed by atoms with Crippen LogP contribution in [0, 0.1) is 11.6 Å². The lowest BCUT2D eigenvalue weighted by Gasteiger charge is -2.47. The lowest BCUT2D eigenvalue weighted by molar-refractivity contribution is -0.280. The molecule has 1 saturated heterocycles. The van der Waals surface area contributed by atoms with E-state index in [0.29, 0.717) is 11.8 Å². The van der Waals surface area contributed by atoms with Gasteiger partial charge in [-0.1, -0.05) is 11.6 Å². The average molecular weight is 764 g/mol. The normalized spacial score (nSPS) is 19.8. The van der Waals surface area contributed by atoms with Crippen LogP contribution in [0.5, 0.6) is 0 Å². The smallest absolute Gasteiger partial charge is 0.413 e. The largest absolute Gasteiger partial charge is 0.467 e. The summed E-state index contributed by atoms with van der Waals surface area (Å²) in [4.78, 5) is 38.5. The van der Waals surface area contributed by atoms with Gasteiger partial charge >= 0.3 is 18.0 Å². The number of ether oxygens (including phenoxy) is 4. The van der Waals surface area contributed by atoms with Crippen molar-refractivity contribution in [1.82, 2.24) is 4.90 Å². The molecule has 1 aromatic heterocycles. The number of morpholine rings is 1. The lowest BCUT2D eigenvalue weighted by atomic mass is 9.94. The average Bonchev–Trinajstić information content (AvgIpc) is 3.55. The van der Waals surface area contributed by atoms with E-state index >= 15 is 0 Å². The highest BCUT2D eigenvalue weighted by Crippen LogP contribution is 2.36. The van der Waals surface area contributed by atoms with Crippen LogP contribution in [-0.2, 0) is 56.9 Å². The zero-order valence-electron chi connectivity index (χ0n) is 26.4. The summed E-state index contributed by atoms with van der Waals surface area (Å²) in [6.07, 6.45) is 0.385. The Morgan fingerprint density at radius 1 is 1.14 bits per heavy atom. The van der Waals surface area contributed by atoms with Crippen LogP contribution in [0.3, 0.4) is 0 Å². The number of hydrogen-bond donors (Lipinski definition) is 3. The van der Waals surface area contributed by atoms with Crippen molar-refractivity contribution in [1.29, 1.82) is 0 Å². The molecule has 1 fully saturated rings. The molecule has 0 aliphatic carbocycles. The number of carbonyl (C=O) groups is 3. The van der Waals surface area contributed by atoms with Crippen LogP contribution >= 0.6 is 11.6 Å². The number of primary sulfonamides is 1. The van der Waals surface area contributed by atoms with E-state index in [0.717, 1.165) is 23.1 Å². The minimum Gasteiger partial charge on any atom is -0.467 e. The third kappa shape index (κ3) is 9.55. The molecule has 0 saturated carbocycles. The van der Waals surface area contributed by atoms with Gasteiger partial charge in [-0.2, -0.15) is 0 Å². The van der Waals surface area contributed by atoms with Gasteiger partial charge < -0.3 is 33.8 Å². The Morgan fingerprint density at radius 3 is 2.48 bits per heavy atom. The third-order valence-electron chi connectivity index (χ3n) is 7.35. The lowest BCUT2D eigenvalue weighted by Crippen LogP contribution is -2.62. The van der Waals surface area contributed by atoms with E-state index in [1.807, 2.05) is 0 Å². The van der Waals surface area contributed by atoms with E-state index in [2.05, 4.69) is 5.32 Å². The first-order valence-electron chi connectivity index (χ1n) is 14.6. The van der Waals surface area contributed by atoms with Gasteiger partial charge in [0.05, 0.1) is 53.5 Å². The minimum absolute atomic E-state index is 0.0939. The fourth-order valence-electron chi connectivity index (χ4n) is 4.89. The maximum atomic E-state index is 13.8. The van der Waals surface area contributed by atoms with Gasteiger partial charge in [-0.25, -0.2) is 31.9 Å². The Morgan fingerprint density at radius 2 is 1.84 bits per heavy atom. The van der Waals surface area contributed by atoms with Crippen molar-refractivity contribution in [3.63, 3.8) is 0 Å². The number of nitrogens with two attached hydrogens (primary N) is 1. The summed E-state index contributed by atoms with van der Waals surface area (Å²) in [7, 11) is -6.24. The number of hydrogen-bond acceptors (Lipinski definition) is 13. The molecular formula is C30H32ClF2N3O12S2. The van der Waals surface area contributed by atoms with Crippen LogP contribution in [0.4, 0.5) is 19.3 Å². The van der Waals surface area contributed by atoms with Crippen LogP contribution in [0.15, 0.2) is 58.0 Å². The fourth-order valence-corrected chi connectivity index (χ4v) is 6.75. The molecule has 0 radical (unpaired) electrons. The second kappa shape index (κ2) is 16.3. The standard InChI is InChI=1S/C30H32ClF2N3O12S2/c1-17-14-48-30(40,19-8-20(32)10-21(33)9-19)18(2)36(17)29(39)47-16-46-27(37)15-49(41)7-6-45-28(38)23-11-26(50(34,42)43)24(31)12-25(23)35-13-22-4-3-5-44-22/h3-5,8-12,17-18,35,40H,6-7,13-16H2,1-2H3,(H2,34,42,43)/t17-,18+,30-,49?/m1/s1. The van der Waals surface area contributed by atoms with Crippen LogP contribution in [0.25, 0.3) is 0 Å². The number of halogens is 3. The quantitative estimate of drug-likeness (QED) is 0.169. The molecule has 4 N–H and O–H groups in total. The Kier molecular flexibility index (Phi) is 12.6. The second-order valence-corrected chi connectivity index (χ2v) is 14.4. The molecule has 20 heteroatoms. The van der Waals surface area contributed by atoms with Crippen LogP contribution in [0.1, 0.15) is 35.5 Å². The summed E-state index contributed by atoms with van der Waals surface area (Å²) < 4.78 is 89.7. The molecule has 0 bridgehead atoms. The molecule has 0 spiro atoms. The minimum atomic E-state index is -4.32. The number of nitrogens with zero attached hydrogens (tertiary/aromatic N) is 1. The molecule has 272 valence electrons. The van der Waals surface area contributed by atoms with E-state index < -0.39 is 92.4 Å². The summed E-state index contributed by atoms with van der Waals surface area (Å²) in [5, 5.41) is 18.9. The first-order chi connectivity index (χ1) is 23.5. The molecule has 2 aromatic carbocycles. The molecule has 1 aliphatic rings. The Hall–Kier alpha value is -4.14. The monoisotopic (exact) mass is 763 g/mol.